The van der Waals surface area contributed by atoms with Gasteiger partial charge < -0.3 is 19.7 Å². The Morgan fingerprint density at radius 1 is 1.25 bits per heavy atom. The Morgan fingerprint density at radius 2 is 2.04 bits per heavy atom. The molecule has 2 atom stereocenters. The zero-order valence-electron chi connectivity index (χ0n) is 15.3. The zero-order valence-corrected chi connectivity index (χ0v) is 15.3. The van der Waals surface area contributed by atoms with Gasteiger partial charge >= 0.3 is 6.09 Å². The topological polar surface area (TPSA) is 67.9 Å². The van der Waals surface area contributed by atoms with Gasteiger partial charge in [0.2, 0.25) is 5.91 Å². The standard InChI is InChI=1S/C18H32N2O4/c1-18(2,3)24-17(22)20-10-4-6-14(13-20)8-9-19-16(21)12-15-7-5-11-23-15/h14-15H,4-13H2,1-3H3,(H,19,21)/t14-,15-/m0/s1. The SMILES string of the molecule is CC(C)(C)OC(=O)N1CCC[C@@H](CCNC(=O)C[C@@H]2CCCO2)C1. The van der Waals surface area contributed by atoms with Crippen molar-refractivity contribution in [2.75, 3.05) is 26.2 Å². The maximum atomic E-state index is 12.2. The van der Waals surface area contributed by atoms with Crippen LogP contribution in [0.3, 0.4) is 0 Å². The molecule has 0 saturated carbocycles. The highest BCUT2D eigenvalue weighted by atomic mass is 16.6. The summed E-state index contributed by atoms with van der Waals surface area (Å²) in [5.41, 5.74) is -0.458. The third kappa shape index (κ3) is 6.67. The summed E-state index contributed by atoms with van der Waals surface area (Å²) in [6.45, 7) is 8.58. The Hall–Kier alpha value is -1.30. The van der Waals surface area contributed by atoms with Crippen molar-refractivity contribution in [3.63, 3.8) is 0 Å². The second-order valence-corrected chi connectivity index (χ2v) is 7.91. The van der Waals surface area contributed by atoms with Crippen LogP contribution >= 0.6 is 0 Å². The number of carbonyl (C=O) groups excluding carboxylic acids is 2. The molecule has 2 saturated heterocycles. The maximum Gasteiger partial charge on any atom is 0.410 e. The fraction of sp³-hybridized carbons (Fsp3) is 0.889. The molecule has 0 spiro atoms. The second-order valence-electron chi connectivity index (χ2n) is 7.91. The first-order chi connectivity index (χ1) is 11.3. The molecule has 2 rings (SSSR count). The molecule has 0 bridgehead atoms. The summed E-state index contributed by atoms with van der Waals surface area (Å²) >= 11 is 0. The van der Waals surface area contributed by atoms with Crippen LogP contribution in [0.2, 0.25) is 0 Å². The van der Waals surface area contributed by atoms with Crippen molar-refractivity contribution in [1.29, 1.82) is 0 Å². The van der Waals surface area contributed by atoms with E-state index in [1.165, 1.54) is 0 Å². The molecular formula is C18H32N2O4. The Bertz CT molecular complexity index is 427. The van der Waals surface area contributed by atoms with Crippen LogP contribution in [-0.4, -0.2) is 54.8 Å². The highest BCUT2D eigenvalue weighted by molar-refractivity contribution is 5.76. The van der Waals surface area contributed by atoms with Gasteiger partial charge in [0, 0.05) is 26.2 Å². The fourth-order valence-corrected chi connectivity index (χ4v) is 3.29. The molecule has 1 N–H and O–H groups in total. The van der Waals surface area contributed by atoms with E-state index in [9.17, 15) is 9.59 Å². The Balaban J connectivity index is 1.65. The highest BCUT2D eigenvalue weighted by Gasteiger charge is 2.27. The lowest BCUT2D eigenvalue weighted by atomic mass is 9.95. The Kier molecular flexibility index (Phi) is 6.90. The van der Waals surface area contributed by atoms with Gasteiger partial charge in [0.05, 0.1) is 12.5 Å². The van der Waals surface area contributed by atoms with Gasteiger partial charge in [-0.3, -0.25) is 4.79 Å². The summed E-state index contributed by atoms with van der Waals surface area (Å²) in [7, 11) is 0. The molecule has 2 fully saturated rings. The number of hydrogen-bond acceptors (Lipinski definition) is 4. The molecule has 0 aromatic rings. The number of amides is 2. The molecule has 0 radical (unpaired) electrons. The molecule has 0 aliphatic carbocycles. The van der Waals surface area contributed by atoms with Crippen LogP contribution in [0.5, 0.6) is 0 Å². The predicted molar refractivity (Wildman–Crippen MR) is 91.7 cm³/mol. The fourth-order valence-electron chi connectivity index (χ4n) is 3.29. The van der Waals surface area contributed by atoms with Crippen LogP contribution in [0.4, 0.5) is 4.79 Å². The van der Waals surface area contributed by atoms with E-state index >= 15 is 0 Å². The number of likely N-dealkylation sites (tertiary alicyclic amines) is 1. The van der Waals surface area contributed by atoms with Crippen LogP contribution in [0.1, 0.15) is 59.3 Å². The third-order valence-corrected chi connectivity index (χ3v) is 4.48. The van der Waals surface area contributed by atoms with E-state index in [0.29, 0.717) is 18.9 Å². The first kappa shape index (κ1) is 19.0. The van der Waals surface area contributed by atoms with Crippen LogP contribution < -0.4 is 5.32 Å². The maximum absolute atomic E-state index is 12.2. The smallest absolute Gasteiger partial charge is 0.410 e. The van der Waals surface area contributed by atoms with Crippen LogP contribution in [0.15, 0.2) is 0 Å². The lowest BCUT2D eigenvalue weighted by molar-refractivity contribution is -0.123. The van der Waals surface area contributed by atoms with Gasteiger partial charge in [-0.1, -0.05) is 0 Å². The van der Waals surface area contributed by atoms with Gasteiger partial charge in [-0.15, -0.1) is 0 Å². The lowest BCUT2D eigenvalue weighted by Crippen LogP contribution is -2.43. The van der Waals surface area contributed by atoms with Crippen molar-refractivity contribution in [3.05, 3.63) is 0 Å². The van der Waals surface area contributed by atoms with Gasteiger partial charge in [0.25, 0.3) is 0 Å². The first-order valence-corrected chi connectivity index (χ1v) is 9.20. The van der Waals surface area contributed by atoms with Crippen molar-refractivity contribution >= 4 is 12.0 Å². The largest absolute Gasteiger partial charge is 0.444 e. The van der Waals surface area contributed by atoms with Crippen molar-refractivity contribution in [1.82, 2.24) is 10.2 Å². The average Bonchev–Trinajstić information content (AvgIpc) is 2.98. The Labute approximate surface area is 145 Å². The summed E-state index contributed by atoms with van der Waals surface area (Å²) in [5.74, 6) is 0.496. The summed E-state index contributed by atoms with van der Waals surface area (Å²) < 4.78 is 10.9. The van der Waals surface area contributed by atoms with Gasteiger partial charge in [0.15, 0.2) is 0 Å². The average molecular weight is 340 g/mol. The number of nitrogens with one attached hydrogen (secondary N) is 1. The normalized spacial score (nSPS) is 24.7. The molecule has 2 aliphatic rings. The van der Waals surface area contributed by atoms with Crippen molar-refractivity contribution < 1.29 is 19.1 Å². The minimum atomic E-state index is -0.458. The molecule has 6 nitrogen and oxygen atoms in total. The van der Waals surface area contributed by atoms with E-state index in [0.717, 1.165) is 51.8 Å². The number of ether oxygens (including phenoxy) is 2. The minimum absolute atomic E-state index is 0.0710. The quantitative estimate of drug-likeness (QED) is 0.835. The van der Waals surface area contributed by atoms with E-state index in [-0.39, 0.29) is 18.1 Å². The van der Waals surface area contributed by atoms with Crippen molar-refractivity contribution in [2.45, 2.75) is 71.0 Å². The molecule has 2 amide bonds. The predicted octanol–water partition coefficient (Wildman–Crippen LogP) is 2.71. The summed E-state index contributed by atoms with van der Waals surface area (Å²) in [6, 6.07) is 0. The van der Waals surface area contributed by atoms with Crippen LogP contribution in [0, 0.1) is 5.92 Å². The Morgan fingerprint density at radius 3 is 2.71 bits per heavy atom. The summed E-state index contributed by atoms with van der Waals surface area (Å²) in [4.78, 5) is 25.8. The first-order valence-electron chi connectivity index (χ1n) is 9.20. The van der Waals surface area contributed by atoms with E-state index in [2.05, 4.69) is 5.32 Å². The third-order valence-electron chi connectivity index (χ3n) is 4.48. The molecule has 0 unspecified atom stereocenters. The molecule has 24 heavy (non-hydrogen) atoms. The van der Waals surface area contributed by atoms with Gasteiger partial charge in [0.1, 0.15) is 5.60 Å². The van der Waals surface area contributed by atoms with Gasteiger partial charge in [-0.05, 0) is 58.8 Å². The van der Waals surface area contributed by atoms with Crippen molar-refractivity contribution in [2.24, 2.45) is 5.92 Å². The molecule has 6 heteroatoms. The summed E-state index contributed by atoms with van der Waals surface area (Å²) in [5, 5.41) is 2.99. The minimum Gasteiger partial charge on any atom is -0.444 e. The van der Waals surface area contributed by atoms with E-state index in [4.69, 9.17) is 9.47 Å². The van der Waals surface area contributed by atoms with E-state index in [1.807, 2.05) is 20.8 Å². The van der Waals surface area contributed by atoms with E-state index in [1.54, 1.807) is 4.90 Å². The lowest BCUT2D eigenvalue weighted by Gasteiger charge is -2.34. The zero-order chi connectivity index (χ0) is 17.6. The number of rotatable bonds is 5. The molecule has 0 aromatic heterocycles. The molecular weight excluding hydrogens is 308 g/mol. The number of nitrogens with zero attached hydrogens (tertiary/aromatic N) is 1. The molecule has 138 valence electrons. The highest BCUT2D eigenvalue weighted by Crippen LogP contribution is 2.21. The van der Waals surface area contributed by atoms with Gasteiger partial charge in [-0.2, -0.15) is 0 Å². The second kappa shape index (κ2) is 8.70. The number of piperidine rings is 1. The van der Waals surface area contributed by atoms with Crippen molar-refractivity contribution in [3.8, 4) is 0 Å². The van der Waals surface area contributed by atoms with Gasteiger partial charge in [-0.25, -0.2) is 4.79 Å². The van der Waals surface area contributed by atoms with Crippen LogP contribution in [-0.2, 0) is 14.3 Å². The number of hydrogen-bond donors (Lipinski definition) is 1. The molecule has 2 aliphatic heterocycles. The molecule has 2 heterocycles. The molecule has 0 aromatic carbocycles. The van der Waals surface area contributed by atoms with Crippen LogP contribution in [0.25, 0.3) is 0 Å². The number of carbonyl (C=O) groups is 2. The monoisotopic (exact) mass is 340 g/mol. The summed E-state index contributed by atoms with van der Waals surface area (Å²) in [6.07, 6.45) is 5.37. The van der Waals surface area contributed by atoms with E-state index < -0.39 is 5.60 Å².